The third-order valence-electron chi connectivity index (χ3n) is 2.69. The van der Waals surface area contributed by atoms with Crippen LogP contribution in [0.15, 0.2) is 57.5 Å². The summed E-state index contributed by atoms with van der Waals surface area (Å²) in [7, 11) is 1.37. The molecule has 0 aromatic heterocycles. The highest BCUT2D eigenvalue weighted by Gasteiger charge is 2.04. The molecule has 0 aliphatic rings. The van der Waals surface area contributed by atoms with Gasteiger partial charge in [-0.2, -0.15) is 10.2 Å². The molecule has 0 aliphatic heterocycles. The maximum atomic E-state index is 11.5. The SMILES string of the molecule is COc1cc(N=Nc2ccc(C)cc2)ccc(=O)c1O. The van der Waals surface area contributed by atoms with Crippen LogP contribution in [0.2, 0.25) is 0 Å². The summed E-state index contributed by atoms with van der Waals surface area (Å²) in [5, 5.41) is 17.7. The van der Waals surface area contributed by atoms with Crippen LogP contribution in [-0.4, -0.2) is 12.2 Å². The lowest BCUT2D eigenvalue weighted by Crippen LogP contribution is -1.94. The van der Waals surface area contributed by atoms with Gasteiger partial charge in [-0.3, -0.25) is 4.79 Å². The van der Waals surface area contributed by atoms with E-state index in [0.717, 1.165) is 5.56 Å². The maximum absolute atomic E-state index is 11.5. The van der Waals surface area contributed by atoms with Gasteiger partial charge >= 0.3 is 0 Å². The fourth-order valence-corrected chi connectivity index (χ4v) is 1.56. The fraction of sp³-hybridized carbons (Fsp3) is 0.133. The molecule has 2 aromatic carbocycles. The molecule has 0 amide bonds. The van der Waals surface area contributed by atoms with E-state index in [1.807, 2.05) is 31.2 Å². The lowest BCUT2D eigenvalue weighted by molar-refractivity contribution is 0.372. The smallest absolute Gasteiger partial charge is 0.224 e. The average molecular weight is 270 g/mol. The second-order valence-electron chi connectivity index (χ2n) is 4.22. The molecular weight excluding hydrogens is 256 g/mol. The molecule has 5 nitrogen and oxygen atoms in total. The Morgan fingerprint density at radius 1 is 1.00 bits per heavy atom. The van der Waals surface area contributed by atoms with Gasteiger partial charge in [-0.25, -0.2) is 0 Å². The normalized spacial score (nSPS) is 10.7. The molecule has 0 spiro atoms. The van der Waals surface area contributed by atoms with Crippen LogP contribution >= 0.6 is 0 Å². The first-order chi connectivity index (χ1) is 9.60. The van der Waals surface area contributed by atoms with Crippen molar-refractivity contribution in [2.24, 2.45) is 10.2 Å². The zero-order chi connectivity index (χ0) is 14.5. The molecular formula is C15H14N2O3. The molecule has 0 saturated heterocycles. The van der Waals surface area contributed by atoms with Crippen molar-refractivity contribution in [3.8, 4) is 11.5 Å². The maximum Gasteiger partial charge on any atom is 0.224 e. The highest BCUT2D eigenvalue weighted by atomic mass is 16.5. The van der Waals surface area contributed by atoms with Gasteiger partial charge in [0.15, 0.2) is 5.75 Å². The van der Waals surface area contributed by atoms with Gasteiger partial charge in [0.1, 0.15) is 0 Å². The topological polar surface area (TPSA) is 71.2 Å². The fourth-order valence-electron chi connectivity index (χ4n) is 1.56. The quantitative estimate of drug-likeness (QED) is 0.868. The first-order valence-electron chi connectivity index (χ1n) is 6.00. The number of nitrogens with zero attached hydrogens (tertiary/aromatic N) is 2. The van der Waals surface area contributed by atoms with Crippen LogP contribution in [0.3, 0.4) is 0 Å². The van der Waals surface area contributed by atoms with E-state index in [1.54, 1.807) is 0 Å². The zero-order valence-electron chi connectivity index (χ0n) is 11.2. The summed E-state index contributed by atoms with van der Waals surface area (Å²) in [6, 6.07) is 11.7. The van der Waals surface area contributed by atoms with Gasteiger partial charge in [-0.15, -0.1) is 0 Å². The van der Waals surface area contributed by atoms with Gasteiger partial charge in [-0.05, 0) is 31.2 Å². The Hall–Kier alpha value is -2.69. The summed E-state index contributed by atoms with van der Waals surface area (Å²) in [5.41, 5.74) is 1.73. The number of benzene rings is 1. The molecule has 1 N–H and O–H groups in total. The summed E-state index contributed by atoms with van der Waals surface area (Å²) in [6.07, 6.45) is 0. The zero-order valence-corrected chi connectivity index (χ0v) is 11.2. The highest BCUT2D eigenvalue weighted by Crippen LogP contribution is 2.26. The van der Waals surface area contributed by atoms with E-state index in [4.69, 9.17) is 4.74 Å². The number of hydrogen-bond donors (Lipinski definition) is 1. The van der Waals surface area contributed by atoms with Crippen LogP contribution in [0.4, 0.5) is 11.4 Å². The van der Waals surface area contributed by atoms with Gasteiger partial charge < -0.3 is 9.84 Å². The van der Waals surface area contributed by atoms with E-state index in [2.05, 4.69) is 10.2 Å². The van der Waals surface area contributed by atoms with Crippen molar-refractivity contribution in [3.05, 3.63) is 58.3 Å². The molecule has 2 aromatic rings. The predicted molar refractivity (Wildman–Crippen MR) is 76.3 cm³/mol. The number of hydrogen-bond acceptors (Lipinski definition) is 5. The molecule has 5 heteroatoms. The van der Waals surface area contributed by atoms with Gasteiger partial charge in [0, 0.05) is 6.07 Å². The Morgan fingerprint density at radius 2 is 1.60 bits per heavy atom. The minimum Gasteiger partial charge on any atom is -0.502 e. The minimum atomic E-state index is -0.529. The van der Waals surface area contributed by atoms with Crippen molar-refractivity contribution in [1.82, 2.24) is 0 Å². The highest BCUT2D eigenvalue weighted by molar-refractivity contribution is 5.48. The molecule has 0 heterocycles. The average Bonchev–Trinajstić information content (AvgIpc) is 2.59. The van der Waals surface area contributed by atoms with Crippen molar-refractivity contribution in [2.45, 2.75) is 6.92 Å². The minimum absolute atomic E-state index is 0.0675. The van der Waals surface area contributed by atoms with Crippen LogP contribution in [0.5, 0.6) is 11.5 Å². The number of aryl methyl sites for hydroxylation is 1. The molecule has 0 aliphatic carbocycles. The van der Waals surface area contributed by atoms with Gasteiger partial charge in [0.25, 0.3) is 0 Å². The number of rotatable bonds is 3. The molecule has 0 saturated carbocycles. The molecule has 0 radical (unpaired) electrons. The summed E-state index contributed by atoms with van der Waals surface area (Å²) < 4.78 is 4.94. The lowest BCUT2D eigenvalue weighted by atomic mass is 10.2. The third-order valence-corrected chi connectivity index (χ3v) is 2.69. The van der Waals surface area contributed by atoms with E-state index in [1.165, 1.54) is 25.3 Å². The number of aromatic hydroxyl groups is 1. The van der Waals surface area contributed by atoms with E-state index < -0.39 is 11.2 Å². The van der Waals surface area contributed by atoms with Crippen molar-refractivity contribution in [3.63, 3.8) is 0 Å². The molecule has 0 atom stereocenters. The van der Waals surface area contributed by atoms with Crippen LogP contribution < -0.4 is 10.2 Å². The molecule has 102 valence electrons. The second kappa shape index (κ2) is 5.97. The Morgan fingerprint density at radius 3 is 2.25 bits per heavy atom. The summed E-state index contributed by atoms with van der Waals surface area (Å²) in [6.45, 7) is 1.99. The van der Waals surface area contributed by atoms with E-state index in [9.17, 15) is 9.90 Å². The monoisotopic (exact) mass is 270 g/mol. The van der Waals surface area contributed by atoms with Crippen LogP contribution in [0.25, 0.3) is 0 Å². The van der Waals surface area contributed by atoms with Crippen LogP contribution in [0.1, 0.15) is 5.56 Å². The Bertz CT molecular complexity index is 694. The van der Waals surface area contributed by atoms with Crippen LogP contribution in [-0.2, 0) is 0 Å². The van der Waals surface area contributed by atoms with Crippen molar-refractivity contribution >= 4 is 11.4 Å². The van der Waals surface area contributed by atoms with Crippen LogP contribution in [0, 0.1) is 6.92 Å². The number of ether oxygens (including phenoxy) is 1. The van der Waals surface area contributed by atoms with E-state index in [0.29, 0.717) is 11.4 Å². The summed E-state index contributed by atoms with van der Waals surface area (Å²) in [4.78, 5) is 11.5. The predicted octanol–water partition coefficient (Wildman–Crippen LogP) is 3.48. The lowest BCUT2D eigenvalue weighted by Gasteiger charge is -1.97. The summed E-state index contributed by atoms with van der Waals surface area (Å²) >= 11 is 0. The molecule has 0 unspecified atom stereocenters. The number of methoxy groups -OCH3 is 1. The summed E-state index contributed by atoms with van der Waals surface area (Å²) in [5.74, 6) is -0.373. The first-order valence-corrected chi connectivity index (χ1v) is 6.00. The number of azo groups is 1. The Kier molecular flexibility index (Phi) is 4.10. The second-order valence-corrected chi connectivity index (χ2v) is 4.22. The largest absolute Gasteiger partial charge is 0.502 e. The first kappa shape index (κ1) is 13.7. The van der Waals surface area contributed by atoms with E-state index >= 15 is 0 Å². The Labute approximate surface area is 116 Å². The standard InChI is InChI=1S/C15H14N2O3/c1-10-3-5-11(6-4-10)16-17-12-7-8-13(18)15(19)14(9-12)20-2/h3-9H,1-2H3,(H,18,19). The van der Waals surface area contributed by atoms with Gasteiger partial charge in [0.05, 0.1) is 18.5 Å². The van der Waals surface area contributed by atoms with Gasteiger partial charge in [-0.1, -0.05) is 17.7 Å². The third kappa shape index (κ3) is 3.20. The van der Waals surface area contributed by atoms with E-state index in [-0.39, 0.29) is 5.75 Å². The molecule has 2 rings (SSSR count). The van der Waals surface area contributed by atoms with Crippen molar-refractivity contribution in [2.75, 3.05) is 7.11 Å². The van der Waals surface area contributed by atoms with Crippen molar-refractivity contribution in [1.29, 1.82) is 0 Å². The van der Waals surface area contributed by atoms with Crippen molar-refractivity contribution < 1.29 is 9.84 Å². The Balaban J connectivity index is 2.37. The molecule has 0 bridgehead atoms. The molecule has 0 fully saturated rings. The van der Waals surface area contributed by atoms with Gasteiger partial charge in [0.2, 0.25) is 11.2 Å². The molecule has 20 heavy (non-hydrogen) atoms.